The molecule has 0 aliphatic heterocycles. The highest BCUT2D eigenvalue weighted by Crippen LogP contribution is 2.72. The summed E-state index contributed by atoms with van der Waals surface area (Å²) in [5.74, 6) is 0. The second-order valence-electron chi connectivity index (χ2n) is 4.97. The van der Waals surface area contributed by atoms with Crippen molar-refractivity contribution in [2.45, 2.75) is 31.6 Å². The fourth-order valence-electron chi connectivity index (χ4n) is 3.27. The molecule has 0 saturated heterocycles. The zero-order valence-electron chi connectivity index (χ0n) is 7.68. The molecule has 2 heteroatoms. The van der Waals surface area contributed by atoms with Gasteiger partial charge in [-0.2, -0.15) is 0 Å². The first kappa shape index (κ1) is 7.98. The smallest absolute Gasteiger partial charge is 0.106 e. The van der Waals surface area contributed by atoms with Crippen LogP contribution >= 0.6 is 15.9 Å². The van der Waals surface area contributed by atoms with Gasteiger partial charge in [-0.3, -0.25) is 0 Å². The van der Waals surface area contributed by atoms with E-state index in [1.807, 2.05) is 6.07 Å². The highest BCUT2D eigenvalue weighted by molar-refractivity contribution is 9.10. The fraction of sp³-hybridized carbons (Fsp3) is 0.545. The minimum atomic E-state index is 0.471. The van der Waals surface area contributed by atoms with Crippen LogP contribution in [0.3, 0.4) is 0 Å². The Morgan fingerprint density at radius 1 is 1.31 bits per heavy atom. The second kappa shape index (κ2) is 2.17. The van der Waals surface area contributed by atoms with Crippen LogP contribution in [0.5, 0.6) is 0 Å². The maximum atomic E-state index is 4.55. The summed E-state index contributed by atoms with van der Waals surface area (Å²) in [5, 5.41) is 0. The molecule has 1 heterocycles. The van der Waals surface area contributed by atoms with E-state index in [0.717, 1.165) is 4.60 Å². The Hall–Kier alpha value is -0.370. The monoisotopic (exact) mass is 237 g/mol. The lowest BCUT2D eigenvalue weighted by Crippen LogP contribution is -2.63. The summed E-state index contributed by atoms with van der Waals surface area (Å²) in [7, 11) is 0. The molecule has 3 saturated carbocycles. The molecular weight excluding hydrogens is 226 g/mol. The summed E-state index contributed by atoms with van der Waals surface area (Å²) in [4.78, 5) is 4.55. The van der Waals surface area contributed by atoms with Crippen LogP contribution in [0.25, 0.3) is 0 Å². The molecule has 0 atom stereocenters. The van der Waals surface area contributed by atoms with Crippen molar-refractivity contribution in [1.29, 1.82) is 0 Å². The van der Waals surface area contributed by atoms with Gasteiger partial charge >= 0.3 is 0 Å². The largest absolute Gasteiger partial charge is 0.245 e. The third-order valence-electron chi connectivity index (χ3n) is 3.55. The summed E-state index contributed by atoms with van der Waals surface area (Å²) in [6.07, 6.45) is 4.05. The molecule has 0 amide bonds. The van der Waals surface area contributed by atoms with Crippen LogP contribution in [0, 0.1) is 5.41 Å². The first-order valence-corrected chi connectivity index (χ1v) is 5.54. The predicted octanol–water partition coefficient (Wildman–Crippen LogP) is 3.29. The Kier molecular flexibility index (Phi) is 1.33. The zero-order valence-corrected chi connectivity index (χ0v) is 9.26. The van der Waals surface area contributed by atoms with E-state index in [-0.39, 0.29) is 0 Å². The molecule has 1 aromatic rings. The highest BCUT2D eigenvalue weighted by Gasteiger charge is 2.66. The van der Waals surface area contributed by atoms with Gasteiger partial charge in [-0.15, -0.1) is 0 Å². The van der Waals surface area contributed by atoms with E-state index in [2.05, 4.69) is 40.0 Å². The molecule has 0 unspecified atom stereocenters. The van der Waals surface area contributed by atoms with Crippen LogP contribution in [0.15, 0.2) is 22.8 Å². The first-order chi connectivity index (χ1) is 6.12. The van der Waals surface area contributed by atoms with Gasteiger partial charge in [-0.1, -0.05) is 13.0 Å². The Labute approximate surface area is 86.7 Å². The van der Waals surface area contributed by atoms with Crippen LogP contribution in [-0.4, -0.2) is 4.98 Å². The van der Waals surface area contributed by atoms with E-state index >= 15 is 0 Å². The normalized spacial score (nSPS) is 40.8. The fourth-order valence-corrected chi connectivity index (χ4v) is 3.61. The van der Waals surface area contributed by atoms with E-state index in [1.165, 1.54) is 25.0 Å². The second-order valence-corrected chi connectivity index (χ2v) is 5.78. The van der Waals surface area contributed by atoms with Crippen molar-refractivity contribution >= 4 is 15.9 Å². The van der Waals surface area contributed by atoms with Crippen molar-refractivity contribution in [3.05, 3.63) is 28.5 Å². The molecule has 2 bridgehead atoms. The number of rotatable bonds is 1. The lowest BCUT2D eigenvalue weighted by atomic mass is 9.35. The third-order valence-corrected chi connectivity index (χ3v) is 4.00. The van der Waals surface area contributed by atoms with Crippen molar-refractivity contribution in [2.75, 3.05) is 0 Å². The molecule has 13 heavy (non-hydrogen) atoms. The van der Waals surface area contributed by atoms with Gasteiger partial charge in [0.05, 0.1) is 0 Å². The number of nitrogens with zero attached hydrogens (tertiary/aromatic N) is 1. The first-order valence-electron chi connectivity index (χ1n) is 4.75. The molecule has 0 aromatic carbocycles. The standard InChI is InChI=1S/C11H12BrN/c1-10-5-11(6-10,7-10)8-3-2-4-9(12)13-8/h2-4H,5-7H2,1H3. The minimum Gasteiger partial charge on any atom is -0.245 e. The Bertz CT molecular complexity index is 352. The summed E-state index contributed by atoms with van der Waals surface area (Å²) in [5.41, 5.74) is 2.44. The van der Waals surface area contributed by atoms with E-state index in [1.54, 1.807) is 0 Å². The number of aromatic nitrogens is 1. The van der Waals surface area contributed by atoms with Crippen LogP contribution in [0.2, 0.25) is 0 Å². The van der Waals surface area contributed by atoms with Gasteiger partial charge in [-0.25, -0.2) is 4.98 Å². The van der Waals surface area contributed by atoms with Gasteiger partial charge in [0.1, 0.15) is 4.60 Å². The van der Waals surface area contributed by atoms with Crippen molar-refractivity contribution in [3.63, 3.8) is 0 Å². The molecule has 3 fully saturated rings. The SMILES string of the molecule is CC12CC(c3cccc(Br)n3)(C1)C2. The summed E-state index contributed by atoms with van der Waals surface area (Å²) in [6.45, 7) is 2.38. The zero-order chi connectivity index (χ0) is 9.10. The lowest BCUT2D eigenvalue weighted by Gasteiger charge is -2.69. The van der Waals surface area contributed by atoms with Crippen molar-refractivity contribution in [1.82, 2.24) is 4.98 Å². The predicted molar refractivity (Wildman–Crippen MR) is 55.6 cm³/mol. The van der Waals surface area contributed by atoms with E-state index < -0.39 is 0 Å². The van der Waals surface area contributed by atoms with Crippen LogP contribution < -0.4 is 0 Å². The van der Waals surface area contributed by atoms with E-state index in [9.17, 15) is 0 Å². The number of hydrogen-bond donors (Lipinski definition) is 0. The van der Waals surface area contributed by atoms with Crippen molar-refractivity contribution in [3.8, 4) is 0 Å². The molecule has 1 nitrogen and oxygen atoms in total. The number of halogens is 1. The van der Waals surface area contributed by atoms with E-state index in [4.69, 9.17) is 0 Å². The van der Waals surface area contributed by atoms with Crippen molar-refractivity contribution in [2.24, 2.45) is 5.41 Å². The highest BCUT2D eigenvalue weighted by atomic mass is 79.9. The van der Waals surface area contributed by atoms with E-state index in [0.29, 0.717) is 10.8 Å². The molecule has 0 spiro atoms. The van der Waals surface area contributed by atoms with Gasteiger partial charge in [-0.05, 0) is 52.7 Å². The Morgan fingerprint density at radius 3 is 2.54 bits per heavy atom. The van der Waals surface area contributed by atoms with Gasteiger partial charge in [0, 0.05) is 11.1 Å². The summed E-state index contributed by atoms with van der Waals surface area (Å²) in [6, 6.07) is 6.26. The third kappa shape index (κ3) is 0.954. The van der Waals surface area contributed by atoms with Gasteiger partial charge in [0.15, 0.2) is 0 Å². The molecule has 0 N–H and O–H groups in total. The topological polar surface area (TPSA) is 12.9 Å². The number of pyridine rings is 1. The summed E-state index contributed by atoms with van der Waals surface area (Å²) >= 11 is 3.43. The van der Waals surface area contributed by atoms with Crippen LogP contribution in [0.4, 0.5) is 0 Å². The minimum absolute atomic E-state index is 0.471. The number of hydrogen-bond acceptors (Lipinski definition) is 1. The van der Waals surface area contributed by atoms with Gasteiger partial charge in [0.25, 0.3) is 0 Å². The quantitative estimate of drug-likeness (QED) is 0.684. The molecule has 68 valence electrons. The molecule has 3 aliphatic carbocycles. The lowest BCUT2D eigenvalue weighted by molar-refractivity contribution is -0.128. The molecular formula is C11H12BrN. The van der Waals surface area contributed by atoms with Crippen LogP contribution in [0.1, 0.15) is 31.9 Å². The van der Waals surface area contributed by atoms with Gasteiger partial charge in [0.2, 0.25) is 0 Å². The molecule has 4 rings (SSSR count). The molecule has 0 radical (unpaired) electrons. The Balaban J connectivity index is 1.95. The average molecular weight is 238 g/mol. The molecule has 3 aliphatic rings. The molecule has 1 aromatic heterocycles. The van der Waals surface area contributed by atoms with Crippen molar-refractivity contribution < 1.29 is 0 Å². The summed E-state index contributed by atoms with van der Waals surface area (Å²) < 4.78 is 0.972. The van der Waals surface area contributed by atoms with Crippen LogP contribution in [-0.2, 0) is 5.41 Å². The average Bonchev–Trinajstić information content (AvgIpc) is 1.97. The maximum absolute atomic E-state index is 4.55. The Morgan fingerprint density at radius 2 is 2.00 bits per heavy atom. The maximum Gasteiger partial charge on any atom is 0.106 e. The van der Waals surface area contributed by atoms with Gasteiger partial charge < -0.3 is 0 Å².